The van der Waals surface area contributed by atoms with Crippen LogP contribution in [-0.4, -0.2) is 33.7 Å². The van der Waals surface area contributed by atoms with Gasteiger partial charge in [0.15, 0.2) is 0 Å². The molecule has 2 fully saturated rings. The Bertz CT molecular complexity index is 757. The zero-order valence-electron chi connectivity index (χ0n) is 15.5. The minimum Gasteiger partial charge on any atom is -0.494 e. The molecule has 1 N–H and O–H groups in total. The van der Waals surface area contributed by atoms with Crippen LogP contribution in [0.2, 0.25) is 0 Å². The molecule has 0 radical (unpaired) electrons. The van der Waals surface area contributed by atoms with Gasteiger partial charge in [0.2, 0.25) is 15.9 Å². The molecular weight excluding hydrogens is 352 g/mol. The Morgan fingerprint density at radius 1 is 1.23 bits per heavy atom. The van der Waals surface area contributed by atoms with Gasteiger partial charge < -0.3 is 10.1 Å². The molecule has 1 saturated carbocycles. The molecule has 1 atom stereocenters. The maximum atomic E-state index is 12.5. The molecule has 0 spiro atoms. The number of methoxy groups -OCH3 is 1. The summed E-state index contributed by atoms with van der Waals surface area (Å²) in [6.45, 7) is 2.44. The molecule has 1 amide bonds. The molecule has 1 aliphatic heterocycles. The van der Waals surface area contributed by atoms with Crippen molar-refractivity contribution in [2.45, 2.75) is 45.4 Å². The van der Waals surface area contributed by atoms with E-state index in [-0.39, 0.29) is 17.6 Å². The predicted octanol–water partition coefficient (Wildman–Crippen LogP) is 3.39. The van der Waals surface area contributed by atoms with E-state index >= 15 is 0 Å². The number of carbonyl (C=O) groups excluding carboxylic acids is 1. The number of benzene rings is 1. The Morgan fingerprint density at radius 2 is 1.96 bits per heavy atom. The van der Waals surface area contributed by atoms with Crippen LogP contribution in [0.3, 0.4) is 0 Å². The highest BCUT2D eigenvalue weighted by Crippen LogP contribution is 2.36. The van der Waals surface area contributed by atoms with Crippen LogP contribution in [0.5, 0.6) is 5.75 Å². The van der Waals surface area contributed by atoms with Crippen molar-refractivity contribution >= 4 is 27.3 Å². The van der Waals surface area contributed by atoms with Crippen LogP contribution in [0.15, 0.2) is 18.2 Å². The number of anilines is 2. The van der Waals surface area contributed by atoms with E-state index in [1.807, 2.05) is 6.92 Å². The highest BCUT2D eigenvalue weighted by Gasteiger charge is 2.29. The van der Waals surface area contributed by atoms with Crippen molar-refractivity contribution in [3.63, 3.8) is 0 Å². The molecule has 1 aliphatic carbocycles. The monoisotopic (exact) mass is 380 g/mol. The van der Waals surface area contributed by atoms with Gasteiger partial charge in [-0.1, -0.05) is 19.8 Å². The van der Waals surface area contributed by atoms with E-state index in [1.165, 1.54) is 24.3 Å². The summed E-state index contributed by atoms with van der Waals surface area (Å²) in [4.78, 5) is 12.5. The normalized spacial score (nSPS) is 21.4. The summed E-state index contributed by atoms with van der Waals surface area (Å²) in [7, 11) is -1.79. The summed E-state index contributed by atoms with van der Waals surface area (Å²) < 4.78 is 31.5. The fraction of sp³-hybridized carbons (Fsp3) is 0.632. The van der Waals surface area contributed by atoms with Crippen LogP contribution in [-0.2, 0) is 14.8 Å². The average molecular weight is 381 g/mol. The SMILES string of the molecule is COc1cc(NC(=O)C(C)C2CCCC2)ccc1N1CCCCS1(=O)=O. The second-order valence-corrected chi connectivity index (χ2v) is 9.32. The fourth-order valence-corrected chi connectivity index (χ4v) is 5.60. The van der Waals surface area contributed by atoms with Crippen molar-refractivity contribution in [1.29, 1.82) is 0 Å². The van der Waals surface area contributed by atoms with Crippen molar-refractivity contribution in [1.82, 2.24) is 0 Å². The van der Waals surface area contributed by atoms with Gasteiger partial charge in [-0.2, -0.15) is 0 Å². The summed E-state index contributed by atoms with van der Waals surface area (Å²) >= 11 is 0. The van der Waals surface area contributed by atoms with Gasteiger partial charge in [-0.05, 0) is 43.7 Å². The maximum absolute atomic E-state index is 12.5. The first-order valence-corrected chi connectivity index (χ1v) is 11.0. The molecule has 144 valence electrons. The Kier molecular flexibility index (Phi) is 5.75. The fourth-order valence-electron chi connectivity index (χ4n) is 3.95. The minimum atomic E-state index is -3.30. The molecule has 7 heteroatoms. The lowest BCUT2D eigenvalue weighted by Gasteiger charge is -2.29. The summed E-state index contributed by atoms with van der Waals surface area (Å²) in [6.07, 6.45) is 6.16. The lowest BCUT2D eigenvalue weighted by molar-refractivity contribution is -0.120. The Hall–Kier alpha value is -1.76. The molecule has 3 rings (SSSR count). The van der Waals surface area contributed by atoms with Gasteiger partial charge in [0.25, 0.3) is 0 Å². The Morgan fingerprint density at radius 3 is 2.62 bits per heavy atom. The molecular formula is C19H28N2O4S. The third kappa shape index (κ3) is 3.98. The van der Waals surface area contributed by atoms with E-state index in [9.17, 15) is 13.2 Å². The first-order chi connectivity index (χ1) is 12.4. The smallest absolute Gasteiger partial charge is 0.235 e. The molecule has 1 aromatic rings. The van der Waals surface area contributed by atoms with Gasteiger partial charge in [0.1, 0.15) is 5.75 Å². The van der Waals surface area contributed by atoms with Crippen LogP contribution in [0.25, 0.3) is 0 Å². The topological polar surface area (TPSA) is 75.7 Å². The number of amides is 1. The number of hydrogen-bond acceptors (Lipinski definition) is 4. The quantitative estimate of drug-likeness (QED) is 0.849. The first-order valence-electron chi connectivity index (χ1n) is 9.41. The number of carbonyl (C=O) groups is 1. The van der Waals surface area contributed by atoms with Crippen molar-refractivity contribution in [3.05, 3.63) is 18.2 Å². The molecule has 1 unspecified atom stereocenters. The number of sulfonamides is 1. The molecule has 0 bridgehead atoms. The average Bonchev–Trinajstić information content (AvgIpc) is 3.15. The number of rotatable bonds is 5. The zero-order chi connectivity index (χ0) is 18.7. The number of ether oxygens (including phenoxy) is 1. The molecule has 1 saturated heterocycles. The minimum absolute atomic E-state index is 0.0114. The molecule has 6 nitrogen and oxygen atoms in total. The van der Waals surface area contributed by atoms with Crippen molar-refractivity contribution < 1.29 is 17.9 Å². The second kappa shape index (κ2) is 7.86. The Labute approximate surface area is 156 Å². The lowest BCUT2D eigenvalue weighted by Crippen LogP contribution is -2.38. The summed E-state index contributed by atoms with van der Waals surface area (Å²) in [6, 6.07) is 5.18. The zero-order valence-corrected chi connectivity index (χ0v) is 16.3. The molecule has 0 aromatic heterocycles. The highest BCUT2D eigenvalue weighted by molar-refractivity contribution is 7.92. The number of nitrogens with one attached hydrogen (secondary N) is 1. The molecule has 2 aliphatic rings. The van der Waals surface area contributed by atoms with Crippen molar-refractivity contribution in [3.8, 4) is 5.75 Å². The third-order valence-corrected chi connectivity index (χ3v) is 7.44. The van der Waals surface area contributed by atoms with E-state index in [4.69, 9.17) is 4.74 Å². The third-order valence-electron chi connectivity index (χ3n) is 5.59. The van der Waals surface area contributed by atoms with Crippen molar-refractivity contribution in [2.24, 2.45) is 11.8 Å². The second-order valence-electron chi connectivity index (χ2n) is 7.30. The van der Waals surface area contributed by atoms with Crippen LogP contribution < -0.4 is 14.4 Å². The first kappa shape index (κ1) is 19.0. The maximum Gasteiger partial charge on any atom is 0.235 e. The molecule has 1 aromatic carbocycles. The van der Waals surface area contributed by atoms with Crippen LogP contribution in [0.4, 0.5) is 11.4 Å². The van der Waals surface area contributed by atoms with Crippen LogP contribution in [0, 0.1) is 11.8 Å². The predicted molar refractivity (Wildman–Crippen MR) is 103 cm³/mol. The van der Waals surface area contributed by atoms with Gasteiger partial charge >= 0.3 is 0 Å². The summed E-state index contributed by atoms with van der Waals surface area (Å²) in [5.41, 5.74) is 1.17. The lowest BCUT2D eigenvalue weighted by atomic mass is 9.92. The van der Waals surface area contributed by atoms with Gasteiger partial charge in [-0.15, -0.1) is 0 Å². The number of hydrogen-bond donors (Lipinski definition) is 1. The summed E-state index contributed by atoms with van der Waals surface area (Å²) in [5.74, 6) is 1.06. The van der Waals surface area contributed by atoms with E-state index in [0.29, 0.717) is 36.0 Å². The van der Waals surface area contributed by atoms with Crippen LogP contribution in [0.1, 0.15) is 45.4 Å². The largest absolute Gasteiger partial charge is 0.494 e. The standard InChI is InChI=1S/C19H28N2O4S/c1-14(15-7-3-4-8-15)19(22)20-16-9-10-17(18(13-16)25-2)21-11-5-6-12-26(21,23)24/h9-10,13-15H,3-8,11-12H2,1-2H3,(H,20,22). The van der Waals surface area contributed by atoms with Gasteiger partial charge in [-0.25, -0.2) is 8.42 Å². The van der Waals surface area contributed by atoms with E-state index in [1.54, 1.807) is 18.2 Å². The Balaban J connectivity index is 1.77. The van der Waals surface area contributed by atoms with Crippen LogP contribution >= 0.6 is 0 Å². The highest BCUT2D eigenvalue weighted by atomic mass is 32.2. The van der Waals surface area contributed by atoms with Crippen molar-refractivity contribution in [2.75, 3.05) is 29.0 Å². The molecule has 26 heavy (non-hydrogen) atoms. The van der Waals surface area contributed by atoms with E-state index in [0.717, 1.165) is 19.3 Å². The molecule has 1 heterocycles. The van der Waals surface area contributed by atoms with Gasteiger partial charge in [0, 0.05) is 24.2 Å². The van der Waals surface area contributed by atoms with E-state index < -0.39 is 10.0 Å². The van der Waals surface area contributed by atoms with Gasteiger partial charge in [0.05, 0.1) is 18.6 Å². The number of nitrogens with zero attached hydrogens (tertiary/aromatic N) is 1. The summed E-state index contributed by atoms with van der Waals surface area (Å²) in [5, 5.41) is 2.96. The van der Waals surface area contributed by atoms with Gasteiger partial charge in [-0.3, -0.25) is 9.10 Å². The van der Waals surface area contributed by atoms with E-state index in [2.05, 4.69) is 5.32 Å².